The normalized spacial score (nSPS) is 13.3. The lowest BCUT2D eigenvalue weighted by Crippen LogP contribution is -2.45. The minimum absolute atomic E-state index is 0.0161. The van der Waals surface area contributed by atoms with E-state index in [0.29, 0.717) is 40.3 Å². The number of ether oxygens (including phenoxy) is 3. The zero-order valence-corrected chi connectivity index (χ0v) is 33.8. The molecule has 0 fully saturated rings. The van der Waals surface area contributed by atoms with Gasteiger partial charge in [0.1, 0.15) is 17.1 Å². The van der Waals surface area contributed by atoms with Crippen molar-refractivity contribution in [2.45, 2.75) is 70.2 Å². The Morgan fingerprint density at radius 1 is 0.707 bits per heavy atom. The molecular formula is C42H46F6N3O6P. The van der Waals surface area contributed by atoms with Crippen molar-refractivity contribution in [3.63, 3.8) is 0 Å². The molecule has 0 aliphatic rings. The second-order valence-corrected chi connectivity index (χ2v) is 15.1. The second-order valence-electron chi connectivity index (χ2n) is 13.6. The van der Waals surface area contributed by atoms with E-state index in [1.54, 1.807) is 48.5 Å². The van der Waals surface area contributed by atoms with Crippen molar-refractivity contribution in [3.8, 4) is 17.6 Å². The third-order valence-corrected chi connectivity index (χ3v) is 11.0. The van der Waals surface area contributed by atoms with Crippen LogP contribution in [-0.4, -0.2) is 62.7 Å². The van der Waals surface area contributed by atoms with Gasteiger partial charge in [-0.05, 0) is 86.8 Å². The molecule has 4 aromatic carbocycles. The van der Waals surface area contributed by atoms with Crippen LogP contribution in [0.2, 0.25) is 0 Å². The molecule has 0 spiro atoms. The van der Waals surface area contributed by atoms with E-state index in [0.717, 1.165) is 0 Å². The molecule has 1 amide bonds. The predicted octanol–water partition coefficient (Wildman–Crippen LogP) is 10.1. The number of nitrogens with zero attached hydrogens (tertiary/aromatic N) is 2. The van der Waals surface area contributed by atoms with Gasteiger partial charge in [-0.15, -0.1) is 0 Å². The molecule has 4 rings (SSSR count). The Bertz CT molecular complexity index is 1870. The minimum Gasteiger partial charge on any atom is -0.497 e. The van der Waals surface area contributed by atoms with E-state index in [1.165, 1.54) is 14.2 Å². The van der Waals surface area contributed by atoms with Crippen LogP contribution >= 0.6 is 8.53 Å². The summed E-state index contributed by atoms with van der Waals surface area (Å²) in [5.41, 5.74) is -3.68. The fourth-order valence-corrected chi connectivity index (χ4v) is 7.90. The van der Waals surface area contributed by atoms with Crippen molar-refractivity contribution < 1.29 is 54.4 Å². The Morgan fingerprint density at radius 2 is 1.19 bits per heavy atom. The van der Waals surface area contributed by atoms with Gasteiger partial charge in [-0.3, -0.25) is 4.79 Å². The standard InChI is InChI=1S/C42H46F6N3O6P/c1-28(2)51(29(3)4)58(56-22-10-21-49)57-27-36(50-39(52)30-23-34(41(43,44)45)25-35(24-30)42(46,47)48)26-55-40(31-11-8-7-9-12-31,32-13-17-37(53-5)18-14-32)33-15-19-38(54-6)20-16-33/h7-9,11-20,23-25,28-29,36H,10,22,26-27H2,1-6H3,(H,50,52). The number of halogens is 6. The van der Waals surface area contributed by atoms with E-state index < -0.39 is 55.1 Å². The van der Waals surface area contributed by atoms with Crippen molar-refractivity contribution in [1.29, 1.82) is 5.26 Å². The molecule has 0 aliphatic heterocycles. The van der Waals surface area contributed by atoms with Crippen LogP contribution in [0, 0.1) is 11.3 Å². The molecule has 2 atom stereocenters. The van der Waals surface area contributed by atoms with Crippen molar-refractivity contribution in [1.82, 2.24) is 9.99 Å². The van der Waals surface area contributed by atoms with Crippen LogP contribution < -0.4 is 14.8 Å². The number of carbonyl (C=O) groups excluding carboxylic acids is 1. The van der Waals surface area contributed by atoms with Crippen LogP contribution in [-0.2, 0) is 31.7 Å². The molecule has 0 saturated carbocycles. The summed E-state index contributed by atoms with van der Waals surface area (Å²) in [4.78, 5) is 13.8. The first-order valence-electron chi connectivity index (χ1n) is 18.2. The molecule has 2 unspecified atom stereocenters. The summed E-state index contributed by atoms with van der Waals surface area (Å²) in [7, 11) is 1.14. The monoisotopic (exact) mass is 833 g/mol. The molecule has 0 aliphatic carbocycles. The highest BCUT2D eigenvalue weighted by molar-refractivity contribution is 7.44. The predicted molar refractivity (Wildman–Crippen MR) is 207 cm³/mol. The molecular weight excluding hydrogens is 787 g/mol. The van der Waals surface area contributed by atoms with E-state index in [1.807, 2.05) is 68.8 Å². The second kappa shape index (κ2) is 20.3. The highest BCUT2D eigenvalue weighted by Crippen LogP contribution is 2.47. The van der Waals surface area contributed by atoms with E-state index >= 15 is 0 Å². The SMILES string of the molecule is COc1ccc(C(OCC(COP(OCCC#N)N(C(C)C)C(C)C)NC(=O)c2cc(C(F)(F)F)cc(C(F)(F)F)c2)(c2ccccc2)c2ccc(OC)cc2)cc1. The molecule has 1 N–H and O–H groups in total. The smallest absolute Gasteiger partial charge is 0.416 e. The summed E-state index contributed by atoms with van der Waals surface area (Å²) in [6.45, 7) is 6.94. The zero-order chi connectivity index (χ0) is 42.7. The van der Waals surface area contributed by atoms with Crippen LogP contribution in [0.5, 0.6) is 11.5 Å². The van der Waals surface area contributed by atoms with E-state index in [9.17, 15) is 36.4 Å². The van der Waals surface area contributed by atoms with E-state index in [4.69, 9.17) is 23.3 Å². The third kappa shape index (κ3) is 11.7. The summed E-state index contributed by atoms with van der Waals surface area (Å²) < 4.78 is 115. The van der Waals surface area contributed by atoms with Crippen LogP contribution in [0.4, 0.5) is 26.3 Å². The lowest BCUT2D eigenvalue weighted by molar-refractivity contribution is -0.143. The number of hydrogen-bond acceptors (Lipinski definition) is 8. The van der Waals surface area contributed by atoms with Crippen molar-refractivity contribution in [3.05, 3.63) is 130 Å². The van der Waals surface area contributed by atoms with Gasteiger partial charge in [0, 0.05) is 17.6 Å². The Balaban J connectivity index is 1.86. The summed E-state index contributed by atoms with van der Waals surface area (Å²) in [5, 5.41) is 11.8. The molecule has 0 saturated heterocycles. The molecule has 16 heteroatoms. The lowest BCUT2D eigenvalue weighted by atomic mass is 9.80. The molecule has 0 heterocycles. The van der Waals surface area contributed by atoms with Gasteiger partial charge in [-0.1, -0.05) is 54.6 Å². The molecule has 0 radical (unpaired) electrons. The fraction of sp³-hybridized carbons (Fsp3) is 0.381. The maximum absolute atomic E-state index is 13.8. The minimum atomic E-state index is -5.18. The molecule has 58 heavy (non-hydrogen) atoms. The molecule has 312 valence electrons. The fourth-order valence-electron chi connectivity index (χ4n) is 6.25. The summed E-state index contributed by atoms with van der Waals surface area (Å²) >= 11 is 0. The highest BCUT2D eigenvalue weighted by atomic mass is 31.2. The lowest BCUT2D eigenvalue weighted by Gasteiger charge is -2.38. The maximum Gasteiger partial charge on any atom is 0.416 e. The average Bonchev–Trinajstić information content (AvgIpc) is 3.19. The molecule has 9 nitrogen and oxygen atoms in total. The van der Waals surface area contributed by atoms with Crippen molar-refractivity contribution in [2.24, 2.45) is 0 Å². The van der Waals surface area contributed by atoms with Crippen LogP contribution in [0.25, 0.3) is 0 Å². The van der Waals surface area contributed by atoms with Crippen LogP contribution in [0.1, 0.15) is 72.3 Å². The van der Waals surface area contributed by atoms with Gasteiger partial charge in [-0.25, -0.2) is 4.67 Å². The number of alkyl halides is 6. The zero-order valence-electron chi connectivity index (χ0n) is 32.9. The van der Waals surface area contributed by atoms with E-state index in [-0.39, 0.29) is 44.4 Å². The topological polar surface area (TPSA) is 102 Å². The Kier molecular flexibility index (Phi) is 16.1. The Labute approximate surface area is 335 Å². The first kappa shape index (κ1) is 46.0. The third-order valence-electron chi connectivity index (χ3n) is 8.91. The average molecular weight is 834 g/mol. The van der Waals surface area contributed by atoms with Gasteiger partial charge >= 0.3 is 12.4 Å². The van der Waals surface area contributed by atoms with Gasteiger partial charge in [0.15, 0.2) is 0 Å². The van der Waals surface area contributed by atoms with Crippen LogP contribution in [0.15, 0.2) is 97.1 Å². The number of hydrogen-bond donors (Lipinski definition) is 1. The first-order valence-corrected chi connectivity index (χ1v) is 19.4. The number of nitrogens with one attached hydrogen (secondary N) is 1. The molecule has 0 bridgehead atoms. The summed E-state index contributed by atoms with van der Waals surface area (Å²) in [5.74, 6) is -0.113. The number of nitriles is 1. The Hall–Kier alpha value is -4.71. The van der Waals surface area contributed by atoms with Gasteiger partial charge in [0.25, 0.3) is 14.4 Å². The number of amides is 1. The van der Waals surface area contributed by atoms with Gasteiger partial charge in [0.2, 0.25) is 0 Å². The number of benzene rings is 4. The molecule has 4 aromatic rings. The first-order chi connectivity index (χ1) is 27.4. The number of carbonyl (C=O) groups is 1. The maximum atomic E-state index is 13.8. The highest BCUT2D eigenvalue weighted by Gasteiger charge is 2.40. The van der Waals surface area contributed by atoms with Crippen LogP contribution in [0.3, 0.4) is 0 Å². The number of rotatable bonds is 19. The van der Waals surface area contributed by atoms with Gasteiger partial charge < -0.3 is 28.6 Å². The van der Waals surface area contributed by atoms with Gasteiger partial charge in [0.05, 0.1) is 63.7 Å². The molecule has 0 aromatic heterocycles. The van der Waals surface area contributed by atoms with Gasteiger partial charge in [-0.2, -0.15) is 31.6 Å². The summed E-state index contributed by atoms with van der Waals surface area (Å²) in [6, 6.07) is 24.6. The number of methoxy groups -OCH3 is 2. The largest absolute Gasteiger partial charge is 0.497 e. The van der Waals surface area contributed by atoms with E-state index in [2.05, 4.69) is 5.32 Å². The van der Waals surface area contributed by atoms with Crippen molar-refractivity contribution in [2.75, 3.05) is 34.0 Å². The Morgan fingerprint density at radius 3 is 1.62 bits per heavy atom. The van der Waals surface area contributed by atoms with Crippen molar-refractivity contribution >= 4 is 14.4 Å². The summed E-state index contributed by atoms with van der Waals surface area (Å²) in [6.07, 6.45) is -10.3. The quantitative estimate of drug-likeness (QED) is 0.0431.